The predicted molar refractivity (Wildman–Crippen MR) is 93.2 cm³/mol. The summed E-state index contributed by atoms with van der Waals surface area (Å²) in [6.45, 7) is 9.67. The zero-order valence-electron chi connectivity index (χ0n) is 15.0. The lowest BCUT2D eigenvalue weighted by atomic mass is 10.1. The van der Waals surface area contributed by atoms with E-state index in [4.69, 9.17) is 9.26 Å². The molecule has 0 aliphatic heterocycles. The summed E-state index contributed by atoms with van der Waals surface area (Å²) >= 11 is 0. The number of carbonyl (C=O) groups excluding carboxylic acids is 1. The Bertz CT molecular complexity index is 660. The van der Waals surface area contributed by atoms with E-state index in [9.17, 15) is 4.79 Å². The highest BCUT2D eigenvalue weighted by Gasteiger charge is 2.19. The smallest absolute Gasteiger partial charge is 0.257 e. The summed E-state index contributed by atoms with van der Waals surface area (Å²) in [6.07, 6.45) is 2.07. The Hall–Kier alpha value is -2.30. The summed E-state index contributed by atoms with van der Waals surface area (Å²) in [4.78, 5) is 14.7. The number of para-hydroxylation sites is 1. The van der Waals surface area contributed by atoms with Crippen molar-refractivity contribution < 1.29 is 14.1 Å². The van der Waals surface area contributed by atoms with E-state index in [1.807, 2.05) is 49.9 Å². The van der Waals surface area contributed by atoms with Crippen molar-refractivity contribution in [2.45, 2.75) is 47.1 Å². The quantitative estimate of drug-likeness (QED) is 0.730. The number of hydrogen-bond donors (Lipinski definition) is 0. The van der Waals surface area contributed by atoms with Gasteiger partial charge in [0.2, 0.25) is 0 Å². The van der Waals surface area contributed by atoms with Crippen LogP contribution in [0.5, 0.6) is 5.75 Å². The molecule has 1 heterocycles. The summed E-state index contributed by atoms with van der Waals surface area (Å²) < 4.78 is 11.1. The van der Waals surface area contributed by atoms with Gasteiger partial charge in [-0.25, -0.2) is 0 Å². The Labute approximate surface area is 143 Å². The van der Waals surface area contributed by atoms with E-state index in [0.29, 0.717) is 24.5 Å². The van der Waals surface area contributed by atoms with Crippen molar-refractivity contribution in [3.05, 3.63) is 46.8 Å². The predicted octanol–water partition coefficient (Wildman–Crippen LogP) is 4.13. The van der Waals surface area contributed by atoms with Crippen molar-refractivity contribution in [2.24, 2.45) is 0 Å². The Kier molecular flexibility index (Phi) is 6.41. The van der Waals surface area contributed by atoms with Crippen LogP contribution in [0.25, 0.3) is 0 Å². The van der Waals surface area contributed by atoms with Crippen LogP contribution in [0.3, 0.4) is 0 Å². The molecule has 2 aromatic rings. The van der Waals surface area contributed by atoms with Crippen molar-refractivity contribution in [3.63, 3.8) is 0 Å². The van der Waals surface area contributed by atoms with Crippen LogP contribution in [0.15, 0.2) is 28.8 Å². The molecule has 0 fully saturated rings. The van der Waals surface area contributed by atoms with Crippen LogP contribution in [0.1, 0.15) is 54.1 Å². The summed E-state index contributed by atoms with van der Waals surface area (Å²) in [5.41, 5.74) is 2.34. The van der Waals surface area contributed by atoms with E-state index in [0.717, 1.165) is 36.4 Å². The number of aromatic nitrogens is 1. The monoisotopic (exact) mass is 330 g/mol. The van der Waals surface area contributed by atoms with Crippen LogP contribution in [0.4, 0.5) is 0 Å². The summed E-state index contributed by atoms with van der Waals surface area (Å²) in [6, 6.07) is 7.39. The topological polar surface area (TPSA) is 55.6 Å². The third kappa shape index (κ3) is 4.16. The Morgan fingerprint density at radius 1 is 1.25 bits per heavy atom. The van der Waals surface area contributed by atoms with Crippen LogP contribution in [0, 0.1) is 13.8 Å². The first kappa shape index (κ1) is 18.0. The van der Waals surface area contributed by atoms with Gasteiger partial charge in [-0.2, -0.15) is 0 Å². The minimum atomic E-state index is 0.0142. The molecule has 0 aliphatic carbocycles. The first-order chi connectivity index (χ1) is 11.6. The first-order valence-electron chi connectivity index (χ1n) is 8.51. The molecule has 0 N–H and O–H groups in total. The fraction of sp³-hybridized carbons (Fsp3) is 0.474. The number of carbonyl (C=O) groups is 1. The van der Waals surface area contributed by atoms with E-state index in [-0.39, 0.29) is 5.91 Å². The lowest BCUT2D eigenvalue weighted by molar-refractivity contribution is 0.0757. The van der Waals surface area contributed by atoms with Gasteiger partial charge in [-0.1, -0.05) is 30.6 Å². The molecular weight excluding hydrogens is 304 g/mol. The van der Waals surface area contributed by atoms with Crippen molar-refractivity contribution >= 4 is 5.91 Å². The maximum absolute atomic E-state index is 12.8. The molecule has 1 aromatic carbocycles. The maximum Gasteiger partial charge on any atom is 0.257 e. The molecule has 5 nitrogen and oxygen atoms in total. The number of aryl methyl sites for hydroxylation is 2. The largest absolute Gasteiger partial charge is 0.488 e. The Morgan fingerprint density at radius 3 is 2.62 bits per heavy atom. The molecule has 0 spiro atoms. The molecule has 0 bridgehead atoms. The number of amides is 1. The third-order valence-corrected chi connectivity index (χ3v) is 4.12. The fourth-order valence-electron chi connectivity index (χ4n) is 2.55. The minimum Gasteiger partial charge on any atom is -0.488 e. The van der Waals surface area contributed by atoms with E-state index in [2.05, 4.69) is 12.1 Å². The molecule has 1 aromatic heterocycles. The second kappa shape index (κ2) is 8.52. The highest BCUT2D eigenvalue weighted by molar-refractivity contribution is 5.96. The van der Waals surface area contributed by atoms with Gasteiger partial charge in [0.25, 0.3) is 5.91 Å². The molecule has 0 atom stereocenters. The van der Waals surface area contributed by atoms with Gasteiger partial charge in [0.05, 0.1) is 16.8 Å². The van der Waals surface area contributed by atoms with Gasteiger partial charge in [-0.15, -0.1) is 0 Å². The average molecular weight is 330 g/mol. The maximum atomic E-state index is 12.8. The number of rotatable bonds is 8. The van der Waals surface area contributed by atoms with Crippen molar-refractivity contribution in [1.82, 2.24) is 10.1 Å². The zero-order chi connectivity index (χ0) is 17.5. The van der Waals surface area contributed by atoms with Gasteiger partial charge in [0.15, 0.2) is 0 Å². The van der Waals surface area contributed by atoms with Crippen molar-refractivity contribution in [1.29, 1.82) is 0 Å². The van der Waals surface area contributed by atoms with Gasteiger partial charge < -0.3 is 14.2 Å². The van der Waals surface area contributed by atoms with E-state index >= 15 is 0 Å². The van der Waals surface area contributed by atoms with Crippen molar-refractivity contribution in [2.75, 3.05) is 13.1 Å². The number of nitrogens with zero attached hydrogens (tertiary/aromatic N) is 2. The summed E-state index contributed by atoms with van der Waals surface area (Å²) in [7, 11) is 0. The van der Waals surface area contributed by atoms with E-state index in [1.165, 1.54) is 0 Å². The van der Waals surface area contributed by atoms with Crippen LogP contribution in [-0.2, 0) is 6.61 Å². The standard InChI is InChI=1S/C19H26N2O3/c1-5-7-12-21(6-2)19(22)16-10-8-9-11-18(16)23-13-17-14(3)20-24-15(17)4/h8-11H,5-7,12-13H2,1-4H3. The minimum absolute atomic E-state index is 0.0142. The molecule has 1 amide bonds. The van der Waals surface area contributed by atoms with Crippen LogP contribution in [-0.4, -0.2) is 29.1 Å². The van der Waals surface area contributed by atoms with Gasteiger partial charge in [-0.3, -0.25) is 4.79 Å². The number of hydrogen-bond acceptors (Lipinski definition) is 4. The highest BCUT2D eigenvalue weighted by atomic mass is 16.5. The lowest BCUT2D eigenvalue weighted by Crippen LogP contribution is -2.32. The molecule has 5 heteroatoms. The van der Waals surface area contributed by atoms with Gasteiger partial charge in [0, 0.05) is 13.1 Å². The van der Waals surface area contributed by atoms with E-state index in [1.54, 1.807) is 0 Å². The number of ether oxygens (including phenoxy) is 1. The molecule has 0 unspecified atom stereocenters. The van der Waals surface area contributed by atoms with Gasteiger partial charge in [0.1, 0.15) is 18.1 Å². The van der Waals surface area contributed by atoms with Gasteiger partial charge in [-0.05, 0) is 39.3 Å². The zero-order valence-corrected chi connectivity index (χ0v) is 15.0. The summed E-state index contributed by atoms with van der Waals surface area (Å²) in [5.74, 6) is 1.35. The third-order valence-electron chi connectivity index (χ3n) is 4.12. The number of unbranched alkanes of at least 4 members (excludes halogenated alkanes) is 1. The molecule has 24 heavy (non-hydrogen) atoms. The van der Waals surface area contributed by atoms with Crippen LogP contribution >= 0.6 is 0 Å². The normalized spacial score (nSPS) is 10.7. The fourth-order valence-corrected chi connectivity index (χ4v) is 2.55. The second-order valence-corrected chi connectivity index (χ2v) is 5.83. The van der Waals surface area contributed by atoms with Gasteiger partial charge >= 0.3 is 0 Å². The Balaban J connectivity index is 2.16. The SMILES string of the molecule is CCCCN(CC)C(=O)c1ccccc1OCc1c(C)noc1C. The summed E-state index contributed by atoms with van der Waals surface area (Å²) in [5, 5.41) is 3.93. The van der Waals surface area contributed by atoms with Crippen molar-refractivity contribution in [3.8, 4) is 5.75 Å². The average Bonchev–Trinajstić information content (AvgIpc) is 2.92. The Morgan fingerprint density at radius 2 is 2.00 bits per heavy atom. The molecule has 2 rings (SSSR count). The van der Waals surface area contributed by atoms with Crippen LogP contribution in [0.2, 0.25) is 0 Å². The second-order valence-electron chi connectivity index (χ2n) is 5.83. The molecule has 0 saturated heterocycles. The van der Waals surface area contributed by atoms with Crippen LogP contribution < -0.4 is 4.74 Å². The number of benzene rings is 1. The molecular formula is C19H26N2O3. The first-order valence-corrected chi connectivity index (χ1v) is 8.51. The molecule has 0 aliphatic rings. The van der Waals surface area contributed by atoms with E-state index < -0.39 is 0 Å². The highest BCUT2D eigenvalue weighted by Crippen LogP contribution is 2.23. The molecule has 130 valence electrons. The molecule has 0 radical (unpaired) electrons. The lowest BCUT2D eigenvalue weighted by Gasteiger charge is -2.22. The molecule has 0 saturated carbocycles.